The number of cyclic esters (lactones) is 1. The van der Waals surface area contributed by atoms with Crippen molar-refractivity contribution in [1.82, 2.24) is 0 Å². The molecule has 0 aromatic rings. The summed E-state index contributed by atoms with van der Waals surface area (Å²) in [4.78, 5) is 8.61. The van der Waals surface area contributed by atoms with Gasteiger partial charge in [-0.15, -0.1) is 0 Å². The van der Waals surface area contributed by atoms with Crippen molar-refractivity contribution >= 4 is 16.8 Å². The minimum Gasteiger partial charge on any atom is -0.453 e. The summed E-state index contributed by atoms with van der Waals surface area (Å²) in [6.45, 7) is 0. The van der Waals surface area contributed by atoms with Gasteiger partial charge in [0, 0.05) is 0 Å². The van der Waals surface area contributed by atoms with Crippen LogP contribution in [0.15, 0.2) is 0 Å². The van der Waals surface area contributed by atoms with E-state index in [9.17, 15) is 19.2 Å². The van der Waals surface area contributed by atoms with Crippen molar-refractivity contribution in [2.75, 3.05) is 0 Å². The SMILES string of the molecule is O=C1O[C@H]([C@@]2(O)C(O)S2=O)[C@H](O)[C@@H]1O. The molecule has 80 valence electrons. The predicted octanol–water partition coefficient (Wildman–Crippen LogP) is -3.60. The molecular weight excluding hydrogens is 216 g/mol. The van der Waals surface area contributed by atoms with Crippen molar-refractivity contribution in [3.8, 4) is 0 Å². The Kier molecular flexibility index (Phi) is 1.95. The molecule has 0 saturated carbocycles. The Morgan fingerprint density at radius 3 is 2.14 bits per heavy atom. The van der Waals surface area contributed by atoms with Gasteiger partial charge in [-0.2, -0.15) is 0 Å². The van der Waals surface area contributed by atoms with Gasteiger partial charge in [0.15, 0.2) is 17.6 Å². The zero-order valence-electron chi connectivity index (χ0n) is 6.73. The maximum atomic E-state index is 10.9. The molecule has 2 fully saturated rings. The van der Waals surface area contributed by atoms with Gasteiger partial charge in [0.1, 0.15) is 6.10 Å². The lowest BCUT2D eigenvalue weighted by Gasteiger charge is -2.16. The standard InChI is InChI=1S/C6H8O7S/c7-1-2(8)4(9)13-3(1)6(11)5(10)14(6)12/h1-3,5,7-8,10-11H/t1-,2+,3+,5?,6+,14?/m1/s1. The van der Waals surface area contributed by atoms with E-state index >= 15 is 0 Å². The monoisotopic (exact) mass is 224 g/mol. The molecule has 2 unspecified atom stereocenters. The smallest absolute Gasteiger partial charge is 0.338 e. The van der Waals surface area contributed by atoms with Crippen molar-refractivity contribution in [1.29, 1.82) is 0 Å². The second-order valence-electron chi connectivity index (χ2n) is 3.19. The van der Waals surface area contributed by atoms with Gasteiger partial charge in [0.2, 0.25) is 4.93 Å². The van der Waals surface area contributed by atoms with Gasteiger partial charge in [-0.3, -0.25) is 4.21 Å². The number of esters is 1. The first-order valence-electron chi connectivity index (χ1n) is 3.78. The molecule has 2 heterocycles. The molecule has 0 spiro atoms. The number of aliphatic hydroxyl groups is 4. The molecular formula is C6H8O7S. The minimum atomic E-state index is -2.15. The quantitative estimate of drug-likeness (QED) is 0.268. The van der Waals surface area contributed by atoms with Crippen LogP contribution in [0, 0.1) is 0 Å². The third-order valence-electron chi connectivity index (χ3n) is 2.35. The molecule has 2 saturated heterocycles. The van der Waals surface area contributed by atoms with Crippen molar-refractivity contribution in [2.45, 2.75) is 28.7 Å². The second-order valence-corrected chi connectivity index (χ2v) is 4.89. The number of hydrogen-bond donors (Lipinski definition) is 4. The number of aliphatic hydroxyl groups excluding tert-OH is 3. The van der Waals surface area contributed by atoms with E-state index in [0.29, 0.717) is 0 Å². The summed E-state index contributed by atoms with van der Waals surface area (Å²) < 4.78 is 15.3. The number of hydrogen-bond acceptors (Lipinski definition) is 7. The maximum absolute atomic E-state index is 10.9. The van der Waals surface area contributed by atoms with Crippen LogP contribution in [0.3, 0.4) is 0 Å². The van der Waals surface area contributed by atoms with Gasteiger partial charge >= 0.3 is 5.97 Å². The number of carbonyl (C=O) groups is 1. The van der Waals surface area contributed by atoms with Crippen molar-refractivity contribution in [3.05, 3.63) is 0 Å². The Bertz CT molecular complexity index is 315. The van der Waals surface area contributed by atoms with Gasteiger partial charge in [0.05, 0.1) is 10.8 Å². The lowest BCUT2D eigenvalue weighted by Crippen LogP contribution is -2.42. The molecule has 14 heavy (non-hydrogen) atoms. The zero-order chi connectivity index (χ0) is 10.7. The van der Waals surface area contributed by atoms with Gasteiger partial charge < -0.3 is 25.2 Å². The van der Waals surface area contributed by atoms with Crippen molar-refractivity contribution in [2.24, 2.45) is 0 Å². The van der Waals surface area contributed by atoms with Crippen molar-refractivity contribution < 1.29 is 34.2 Å². The Labute approximate surface area is 80.4 Å². The zero-order valence-corrected chi connectivity index (χ0v) is 7.55. The highest BCUT2D eigenvalue weighted by Gasteiger charge is 2.73. The summed E-state index contributed by atoms with van der Waals surface area (Å²) in [6, 6.07) is 0. The Morgan fingerprint density at radius 2 is 1.86 bits per heavy atom. The van der Waals surface area contributed by atoms with Crippen LogP contribution in [-0.2, 0) is 20.3 Å². The van der Waals surface area contributed by atoms with E-state index in [1.54, 1.807) is 0 Å². The van der Waals surface area contributed by atoms with Crippen LogP contribution in [0.25, 0.3) is 0 Å². The van der Waals surface area contributed by atoms with E-state index < -0.39 is 45.4 Å². The summed E-state index contributed by atoms with van der Waals surface area (Å²) in [6.07, 6.45) is -4.98. The number of rotatable bonds is 1. The molecule has 6 atom stereocenters. The van der Waals surface area contributed by atoms with Gasteiger partial charge in [-0.25, -0.2) is 4.79 Å². The third-order valence-corrected chi connectivity index (χ3v) is 3.96. The van der Waals surface area contributed by atoms with Gasteiger partial charge in [-0.05, 0) is 0 Å². The average molecular weight is 224 g/mol. The molecule has 0 bridgehead atoms. The van der Waals surface area contributed by atoms with Crippen LogP contribution in [0.2, 0.25) is 0 Å². The first-order chi connectivity index (χ1) is 6.40. The lowest BCUT2D eigenvalue weighted by atomic mass is 10.1. The van der Waals surface area contributed by atoms with E-state index in [1.165, 1.54) is 0 Å². The first kappa shape index (κ1) is 9.99. The number of ether oxygens (including phenoxy) is 1. The third kappa shape index (κ3) is 0.997. The van der Waals surface area contributed by atoms with Crippen LogP contribution in [0.1, 0.15) is 0 Å². The lowest BCUT2D eigenvalue weighted by molar-refractivity contribution is -0.151. The van der Waals surface area contributed by atoms with Crippen LogP contribution >= 0.6 is 0 Å². The van der Waals surface area contributed by atoms with E-state index in [0.717, 1.165) is 0 Å². The maximum Gasteiger partial charge on any atom is 0.338 e. The summed E-state index contributed by atoms with van der Waals surface area (Å²) in [5.74, 6) is -1.10. The minimum absolute atomic E-state index is 1.10. The fraction of sp³-hybridized carbons (Fsp3) is 0.833. The molecule has 4 N–H and O–H groups in total. The highest BCUT2D eigenvalue weighted by atomic mass is 32.2. The highest BCUT2D eigenvalue weighted by Crippen LogP contribution is 2.44. The van der Waals surface area contributed by atoms with Gasteiger partial charge in [0.25, 0.3) is 0 Å². The predicted molar refractivity (Wildman–Crippen MR) is 41.0 cm³/mol. The Morgan fingerprint density at radius 1 is 1.36 bits per heavy atom. The Hall–Kier alpha value is -0.540. The summed E-state index contributed by atoms with van der Waals surface area (Å²) >= 11 is 0. The fourth-order valence-corrected chi connectivity index (χ4v) is 2.53. The molecule has 2 aliphatic heterocycles. The number of carbonyl (C=O) groups excluding carboxylic acids is 1. The molecule has 8 heteroatoms. The summed E-state index contributed by atoms with van der Waals surface area (Å²) in [5.41, 5.74) is -1.56. The summed E-state index contributed by atoms with van der Waals surface area (Å²) in [5, 5.41) is 36.7. The molecule has 0 amide bonds. The molecule has 2 rings (SSSR count). The molecule has 0 radical (unpaired) electrons. The molecule has 0 aliphatic carbocycles. The first-order valence-corrected chi connectivity index (χ1v) is 4.99. The molecule has 2 aliphatic rings. The van der Waals surface area contributed by atoms with E-state index in [1.807, 2.05) is 0 Å². The topological polar surface area (TPSA) is 124 Å². The fourth-order valence-electron chi connectivity index (χ4n) is 1.39. The van der Waals surface area contributed by atoms with E-state index in [4.69, 9.17) is 10.2 Å². The Balaban J connectivity index is 2.23. The van der Waals surface area contributed by atoms with E-state index in [-0.39, 0.29) is 0 Å². The normalized spacial score (nSPS) is 57.1. The molecule has 7 nitrogen and oxygen atoms in total. The van der Waals surface area contributed by atoms with Gasteiger partial charge in [-0.1, -0.05) is 0 Å². The summed E-state index contributed by atoms with van der Waals surface area (Å²) in [7, 11) is -1.99. The van der Waals surface area contributed by atoms with Crippen LogP contribution < -0.4 is 0 Å². The van der Waals surface area contributed by atoms with Crippen LogP contribution in [0.4, 0.5) is 0 Å². The molecule has 0 aromatic carbocycles. The average Bonchev–Trinajstić information content (AvgIpc) is 2.50. The second kappa shape index (κ2) is 2.74. The van der Waals surface area contributed by atoms with Crippen LogP contribution in [-0.4, -0.2) is 59.3 Å². The largest absolute Gasteiger partial charge is 0.453 e. The van der Waals surface area contributed by atoms with Crippen LogP contribution in [0.5, 0.6) is 0 Å². The van der Waals surface area contributed by atoms with E-state index in [2.05, 4.69) is 4.74 Å². The highest BCUT2D eigenvalue weighted by molar-refractivity contribution is 7.94. The molecule has 0 aromatic heterocycles. The van der Waals surface area contributed by atoms with Crippen molar-refractivity contribution in [3.63, 3.8) is 0 Å².